The van der Waals surface area contributed by atoms with Crippen LogP contribution in [0.2, 0.25) is 0 Å². The van der Waals surface area contributed by atoms with Crippen molar-refractivity contribution in [1.82, 2.24) is 15.6 Å². The Balaban J connectivity index is 1.65. The van der Waals surface area contributed by atoms with Crippen LogP contribution in [0.3, 0.4) is 0 Å². The number of fused-ring (bicyclic) bond motifs is 1. The van der Waals surface area contributed by atoms with Gasteiger partial charge >= 0.3 is 0 Å². The molecule has 6 heteroatoms. The summed E-state index contributed by atoms with van der Waals surface area (Å²) in [7, 11) is 0. The molecule has 5 nitrogen and oxygen atoms in total. The summed E-state index contributed by atoms with van der Waals surface area (Å²) < 4.78 is 18.6. The standard InChI is InChI=1S/C14H16FN3O2/c15-10-1-2-12-9(5-10)6-13(18-12)14(19)17-8-11-7-16-3-4-20-11/h1-2,5-6,11,16,18H,3-4,7-8H2,(H,17,19). The normalized spacial score (nSPS) is 19.1. The monoisotopic (exact) mass is 277 g/mol. The molecule has 2 heterocycles. The zero-order valence-corrected chi connectivity index (χ0v) is 10.9. The van der Waals surface area contributed by atoms with Crippen LogP contribution in [0.15, 0.2) is 24.3 Å². The second-order valence-electron chi connectivity index (χ2n) is 4.82. The number of carbonyl (C=O) groups excluding carboxylic acids is 1. The molecule has 3 rings (SSSR count). The van der Waals surface area contributed by atoms with Gasteiger partial charge in [-0.15, -0.1) is 0 Å². The minimum atomic E-state index is -0.315. The molecular weight excluding hydrogens is 261 g/mol. The van der Waals surface area contributed by atoms with E-state index in [4.69, 9.17) is 4.74 Å². The van der Waals surface area contributed by atoms with E-state index in [-0.39, 0.29) is 17.8 Å². The van der Waals surface area contributed by atoms with Gasteiger partial charge in [0.25, 0.3) is 5.91 Å². The number of H-pyrrole nitrogens is 1. The molecule has 20 heavy (non-hydrogen) atoms. The first kappa shape index (κ1) is 13.1. The van der Waals surface area contributed by atoms with Gasteiger partial charge in [0, 0.05) is 30.5 Å². The SMILES string of the molecule is O=C(NCC1CNCCO1)c1cc2cc(F)ccc2[nH]1. The Bertz CT molecular complexity index is 620. The van der Waals surface area contributed by atoms with Gasteiger partial charge in [-0.25, -0.2) is 4.39 Å². The first-order valence-electron chi connectivity index (χ1n) is 6.61. The summed E-state index contributed by atoms with van der Waals surface area (Å²) in [5, 5.41) is 6.70. The van der Waals surface area contributed by atoms with Crippen LogP contribution in [0.25, 0.3) is 10.9 Å². The summed E-state index contributed by atoms with van der Waals surface area (Å²) in [5.74, 6) is -0.527. The Kier molecular flexibility index (Phi) is 3.66. The van der Waals surface area contributed by atoms with Crippen molar-refractivity contribution >= 4 is 16.8 Å². The number of rotatable bonds is 3. The molecule has 3 N–H and O–H groups in total. The smallest absolute Gasteiger partial charge is 0.267 e. The van der Waals surface area contributed by atoms with Crippen molar-refractivity contribution in [2.45, 2.75) is 6.10 Å². The lowest BCUT2D eigenvalue weighted by molar-refractivity contribution is 0.0287. The summed E-state index contributed by atoms with van der Waals surface area (Å²) in [5.41, 5.74) is 1.17. The molecule has 0 bridgehead atoms. The largest absolute Gasteiger partial charge is 0.374 e. The lowest BCUT2D eigenvalue weighted by Crippen LogP contribution is -2.45. The van der Waals surface area contributed by atoms with E-state index in [0.29, 0.717) is 24.2 Å². The van der Waals surface area contributed by atoms with Crippen molar-refractivity contribution in [2.24, 2.45) is 0 Å². The van der Waals surface area contributed by atoms with Gasteiger partial charge in [0.15, 0.2) is 0 Å². The minimum Gasteiger partial charge on any atom is -0.374 e. The highest BCUT2D eigenvalue weighted by molar-refractivity contribution is 5.98. The quantitative estimate of drug-likeness (QED) is 0.785. The van der Waals surface area contributed by atoms with Crippen LogP contribution in [-0.4, -0.2) is 43.2 Å². The van der Waals surface area contributed by atoms with Crippen molar-refractivity contribution < 1.29 is 13.9 Å². The number of amides is 1. The third kappa shape index (κ3) is 2.81. The van der Waals surface area contributed by atoms with Crippen LogP contribution >= 0.6 is 0 Å². The third-order valence-electron chi connectivity index (χ3n) is 3.32. The zero-order chi connectivity index (χ0) is 13.9. The number of benzene rings is 1. The number of nitrogens with one attached hydrogen (secondary N) is 3. The average molecular weight is 277 g/mol. The number of carbonyl (C=O) groups is 1. The van der Waals surface area contributed by atoms with Gasteiger partial charge in [-0.05, 0) is 24.3 Å². The summed E-state index contributed by atoms with van der Waals surface area (Å²) >= 11 is 0. The molecule has 1 saturated heterocycles. The number of halogens is 1. The molecule has 0 aliphatic carbocycles. The van der Waals surface area contributed by atoms with E-state index in [1.54, 1.807) is 12.1 Å². The van der Waals surface area contributed by atoms with Gasteiger partial charge in [-0.2, -0.15) is 0 Å². The molecule has 1 amide bonds. The molecule has 0 saturated carbocycles. The van der Waals surface area contributed by atoms with Gasteiger partial charge in [-0.1, -0.05) is 0 Å². The Morgan fingerprint density at radius 1 is 1.45 bits per heavy atom. The molecule has 1 atom stereocenters. The van der Waals surface area contributed by atoms with E-state index in [9.17, 15) is 9.18 Å². The zero-order valence-electron chi connectivity index (χ0n) is 10.9. The van der Waals surface area contributed by atoms with Crippen molar-refractivity contribution in [1.29, 1.82) is 0 Å². The maximum atomic E-state index is 13.1. The fourth-order valence-electron chi connectivity index (χ4n) is 2.28. The van der Waals surface area contributed by atoms with Gasteiger partial charge in [-0.3, -0.25) is 4.79 Å². The van der Waals surface area contributed by atoms with Gasteiger partial charge in [0.05, 0.1) is 12.7 Å². The fraction of sp³-hybridized carbons (Fsp3) is 0.357. The number of aromatic nitrogens is 1. The van der Waals surface area contributed by atoms with Crippen molar-refractivity contribution in [3.05, 3.63) is 35.8 Å². The second kappa shape index (κ2) is 5.60. The van der Waals surface area contributed by atoms with Crippen LogP contribution in [0.1, 0.15) is 10.5 Å². The minimum absolute atomic E-state index is 0.00507. The molecule has 1 unspecified atom stereocenters. The molecule has 2 aromatic rings. The molecule has 106 valence electrons. The third-order valence-corrected chi connectivity index (χ3v) is 3.32. The van der Waals surface area contributed by atoms with E-state index in [1.165, 1.54) is 12.1 Å². The highest BCUT2D eigenvalue weighted by atomic mass is 19.1. The highest BCUT2D eigenvalue weighted by Crippen LogP contribution is 2.16. The summed E-state index contributed by atoms with van der Waals surface area (Å²) in [6.45, 7) is 2.69. The summed E-state index contributed by atoms with van der Waals surface area (Å²) in [6.07, 6.45) is -0.00507. The van der Waals surface area contributed by atoms with Crippen LogP contribution in [0, 0.1) is 5.82 Å². The molecule has 0 spiro atoms. The van der Waals surface area contributed by atoms with Crippen LogP contribution in [-0.2, 0) is 4.74 Å². The van der Waals surface area contributed by atoms with E-state index < -0.39 is 0 Å². The first-order chi connectivity index (χ1) is 9.72. The lowest BCUT2D eigenvalue weighted by atomic mass is 10.2. The molecule has 1 aliphatic rings. The Hall–Kier alpha value is -1.92. The van der Waals surface area contributed by atoms with Crippen molar-refractivity contribution in [2.75, 3.05) is 26.2 Å². The van der Waals surface area contributed by atoms with E-state index in [2.05, 4.69) is 15.6 Å². The number of hydrogen-bond acceptors (Lipinski definition) is 3. The Morgan fingerprint density at radius 2 is 2.35 bits per heavy atom. The lowest BCUT2D eigenvalue weighted by Gasteiger charge is -2.23. The fourth-order valence-corrected chi connectivity index (χ4v) is 2.28. The van der Waals surface area contributed by atoms with Gasteiger partial charge in [0.1, 0.15) is 11.5 Å². The van der Waals surface area contributed by atoms with Gasteiger partial charge < -0.3 is 20.4 Å². The molecule has 1 fully saturated rings. The topological polar surface area (TPSA) is 66.2 Å². The van der Waals surface area contributed by atoms with E-state index >= 15 is 0 Å². The predicted octanol–water partition coefficient (Wildman–Crippen LogP) is 1.03. The molecule has 1 aliphatic heterocycles. The number of hydrogen-bond donors (Lipinski definition) is 3. The van der Waals surface area contributed by atoms with Crippen LogP contribution in [0.5, 0.6) is 0 Å². The first-order valence-corrected chi connectivity index (χ1v) is 6.61. The van der Waals surface area contributed by atoms with Crippen LogP contribution in [0.4, 0.5) is 4.39 Å². The summed E-state index contributed by atoms with van der Waals surface area (Å²) in [6, 6.07) is 6.03. The molecule has 1 aromatic heterocycles. The van der Waals surface area contributed by atoms with Crippen LogP contribution < -0.4 is 10.6 Å². The number of morpholine rings is 1. The maximum Gasteiger partial charge on any atom is 0.267 e. The molecule has 0 radical (unpaired) electrons. The van der Waals surface area contributed by atoms with Gasteiger partial charge in [0.2, 0.25) is 0 Å². The predicted molar refractivity (Wildman–Crippen MR) is 73.2 cm³/mol. The van der Waals surface area contributed by atoms with E-state index in [0.717, 1.165) is 18.6 Å². The number of ether oxygens (including phenoxy) is 1. The Morgan fingerprint density at radius 3 is 3.15 bits per heavy atom. The molecular formula is C14H16FN3O2. The Labute approximate surface area is 115 Å². The average Bonchev–Trinajstić information content (AvgIpc) is 2.89. The molecule has 1 aromatic carbocycles. The summed E-state index contributed by atoms with van der Waals surface area (Å²) in [4.78, 5) is 15.0. The van der Waals surface area contributed by atoms with Crippen molar-refractivity contribution in [3.63, 3.8) is 0 Å². The van der Waals surface area contributed by atoms with Crippen molar-refractivity contribution in [3.8, 4) is 0 Å². The second-order valence-corrected chi connectivity index (χ2v) is 4.82. The number of aromatic amines is 1. The van der Waals surface area contributed by atoms with E-state index in [1.807, 2.05) is 0 Å². The highest BCUT2D eigenvalue weighted by Gasteiger charge is 2.16. The maximum absolute atomic E-state index is 13.1.